The molecule has 0 aromatic carbocycles. The largest absolute Gasteiger partial charge is 0.409 e. The highest BCUT2D eigenvalue weighted by Crippen LogP contribution is 2.06. The third-order valence-electron chi connectivity index (χ3n) is 1.49. The topological polar surface area (TPSA) is 67.8 Å². The van der Waals surface area contributed by atoms with Gasteiger partial charge >= 0.3 is 0 Å². The lowest BCUT2D eigenvalue weighted by molar-refractivity contribution is 0.200. The van der Waals surface area contributed by atoms with Gasteiger partial charge in [-0.3, -0.25) is 0 Å². The Morgan fingerprint density at radius 3 is 2.77 bits per heavy atom. The second-order valence-electron chi connectivity index (χ2n) is 2.65. The number of hydrogen-bond donors (Lipinski definition) is 2. The first kappa shape index (κ1) is 12.6. The van der Waals surface area contributed by atoms with Gasteiger partial charge in [0.05, 0.1) is 0 Å². The molecule has 0 radical (unpaired) electrons. The molecule has 3 N–H and O–H groups in total. The van der Waals surface area contributed by atoms with Crippen LogP contribution in [0.4, 0.5) is 0 Å². The number of rotatable bonds is 8. The van der Waals surface area contributed by atoms with Crippen molar-refractivity contribution in [2.45, 2.75) is 19.3 Å². The first-order valence-corrected chi connectivity index (χ1v) is 5.49. The van der Waals surface area contributed by atoms with Crippen LogP contribution in [-0.4, -0.2) is 36.3 Å². The highest BCUT2D eigenvalue weighted by molar-refractivity contribution is 7.99. The van der Waals surface area contributed by atoms with Crippen LogP contribution >= 0.6 is 11.8 Å². The SMILES string of the molecule is COCCCSCCCC(N)=NO. The van der Waals surface area contributed by atoms with Gasteiger partial charge in [0, 0.05) is 20.1 Å². The second-order valence-corrected chi connectivity index (χ2v) is 3.88. The molecule has 0 saturated heterocycles. The second kappa shape index (κ2) is 9.67. The van der Waals surface area contributed by atoms with E-state index in [9.17, 15) is 0 Å². The normalized spacial score (nSPS) is 11.9. The van der Waals surface area contributed by atoms with E-state index in [0.29, 0.717) is 12.3 Å². The Kier molecular flexibility index (Phi) is 9.35. The zero-order chi connectivity index (χ0) is 9.94. The van der Waals surface area contributed by atoms with E-state index >= 15 is 0 Å². The predicted molar refractivity (Wildman–Crippen MR) is 56.5 cm³/mol. The lowest BCUT2D eigenvalue weighted by atomic mass is 10.3. The molecule has 5 heteroatoms. The number of methoxy groups -OCH3 is 1. The fourth-order valence-corrected chi connectivity index (χ4v) is 1.69. The van der Waals surface area contributed by atoms with Gasteiger partial charge < -0.3 is 15.7 Å². The minimum atomic E-state index is 0.317. The summed E-state index contributed by atoms with van der Waals surface area (Å²) in [5.41, 5.74) is 5.31. The third kappa shape index (κ3) is 9.49. The molecular weight excluding hydrogens is 188 g/mol. The summed E-state index contributed by atoms with van der Waals surface area (Å²) in [4.78, 5) is 0. The van der Waals surface area contributed by atoms with Crippen LogP contribution in [0.25, 0.3) is 0 Å². The molecule has 0 aliphatic rings. The average Bonchev–Trinajstić information content (AvgIpc) is 2.16. The van der Waals surface area contributed by atoms with Crippen molar-refractivity contribution in [3.05, 3.63) is 0 Å². The molecule has 0 saturated carbocycles. The molecule has 0 aliphatic heterocycles. The molecule has 4 nitrogen and oxygen atoms in total. The first-order valence-electron chi connectivity index (χ1n) is 4.34. The maximum Gasteiger partial charge on any atom is 0.139 e. The summed E-state index contributed by atoms with van der Waals surface area (Å²) in [6, 6.07) is 0. The van der Waals surface area contributed by atoms with E-state index in [1.807, 2.05) is 11.8 Å². The molecule has 0 spiro atoms. The lowest BCUT2D eigenvalue weighted by Crippen LogP contribution is -2.11. The monoisotopic (exact) mass is 206 g/mol. The van der Waals surface area contributed by atoms with E-state index in [2.05, 4.69) is 5.16 Å². The molecule has 0 atom stereocenters. The molecule has 0 heterocycles. The number of oxime groups is 1. The molecule has 0 aromatic heterocycles. The molecule has 0 fully saturated rings. The number of hydrogen-bond acceptors (Lipinski definition) is 4. The van der Waals surface area contributed by atoms with Crippen LogP contribution in [-0.2, 0) is 4.74 Å². The van der Waals surface area contributed by atoms with Gasteiger partial charge in [0.2, 0.25) is 0 Å². The molecule has 0 bridgehead atoms. The van der Waals surface area contributed by atoms with Crippen LogP contribution in [0.2, 0.25) is 0 Å². The van der Waals surface area contributed by atoms with Gasteiger partial charge in [-0.05, 0) is 24.3 Å². The summed E-state index contributed by atoms with van der Waals surface area (Å²) in [7, 11) is 1.71. The van der Waals surface area contributed by atoms with Crippen molar-refractivity contribution in [2.24, 2.45) is 10.9 Å². The van der Waals surface area contributed by atoms with Crippen LogP contribution < -0.4 is 5.73 Å². The summed E-state index contributed by atoms with van der Waals surface area (Å²) < 4.78 is 4.92. The van der Waals surface area contributed by atoms with Gasteiger partial charge in [-0.25, -0.2) is 0 Å². The number of amidine groups is 1. The van der Waals surface area contributed by atoms with Crippen molar-refractivity contribution in [3.8, 4) is 0 Å². The van der Waals surface area contributed by atoms with Crippen LogP contribution in [0.1, 0.15) is 19.3 Å². The van der Waals surface area contributed by atoms with E-state index in [1.165, 1.54) is 0 Å². The van der Waals surface area contributed by atoms with Crippen molar-refractivity contribution >= 4 is 17.6 Å². The summed E-state index contributed by atoms with van der Waals surface area (Å²) in [5, 5.41) is 11.1. The highest BCUT2D eigenvalue weighted by atomic mass is 32.2. The zero-order valence-electron chi connectivity index (χ0n) is 8.03. The molecule has 0 rings (SSSR count). The Hall–Kier alpha value is -0.420. The van der Waals surface area contributed by atoms with E-state index < -0.39 is 0 Å². The highest BCUT2D eigenvalue weighted by Gasteiger charge is 1.94. The molecule has 0 unspecified atom stereocenters. The minimum Gasteiger partial charge on any atom is -0.409 e. The molecule has 78 valence electrons. The van der Waals surface area contributed by atoms with E-state index in [1.54, 1.807) is 7.11 Å². The predicted octanol–water partition coefficient (Wildman–Crippen LogP) is 1.28. The van der Waals surface area contributed by atoms with E-state index in [4.69, 9.17) is 15.7 Å². The van der Waals surface area contributed by atoms with Gasteiger partial charge in [0.15, 0.2) is 0 Å². The maximum atomic E-state index is 8.25. The minimum absolute atomic E-state index is 0.317. The Morgan fingerprint density at radius 2 is 2.15 bits per heavy atom. The van der Waals surface area contributed by atoms with Gasteiger partial charge in [0.1, 0.15) is 5.84 Å². The Labute approximate surface area is 83.5 Å². The van der Waals surface area contributed by atoms with Crippen molar-refractivity contribution in [1.29, 1.82) is 0 Å². The summed E-state index contributed by atoms with van der Waals surface area (Å²) in [6.45, 7) is 0.827. The maximum absolute atomic E-state index is 8.25. The van der Waals surface area contributed by atoms with Crippen molar-refractivity contribution in [2.75, 3.05) is 25.2 Å². The summed E-state index contributed by atoms with van der Waals surface area (Å²) in [6.07, 6.45) is 2.73. The number of nitrogens with two attached hydrogens (primary N) is 1. The molecule has 0 amide bonds. The molecule has 0 aromatic rings. The van der Waals surface area contributed by atoms with Crippen molar-refractivity contribution in [3.63, 3.8) is 0 Å². The van der Waals surface area contributed by atoms with Gasteiger partial charge in [-0.15, -0.1) is 0 Å². The number of ether oxygens (including phenoxy) is 1. The van der Waals surface area contributed by atoms with Gasteiger partial charge in [-0.2, -0.15) is 11.8 Å². The molecular formula is C8H18N2O2S. The van der Waals surface area contributed by atoms with Crippen molar-refractivity contribution < 1.29 is 9.94 Å². The summed E-state index contributed by atoms with van der Waals surface area (Å²) in [5.74, 6) is 2.49. The smallest absolute Gasteiger partial charge is 0.139 e. The lowest BCUT2D eigenvalue weighted by Gasteiger charge is -2.00. The molecule has 0 aliphatic carbocycles. The fourth-order valence-electron chi connectivity index (χ4n) is 0.813. The van der Waals surface area contributed by atoms with Crippen molar-refractivity contribution in [1.82, 2.24) is 0 Å². The third-order valence-corrected chi connectivity index (χ3v) is 2.64. The number of nitrogens with zero attached hydrogens (tertiary/aromatic N) is 1. The van der Waals surface area contributed by atoms with Crippen LogP contribution in [0.15, 0.2) is 5.16 Å². The average molecular weight is 206 g/mol. The van der Waals surface area contributed by atoms with Crippen LogP contribution in [0, 0.1) is 0 Å². The first-order chi connectivity index (χ1) is 6.31. The Bertz CT molecular complexity index is 142. The van der Waals surface area contributed by atoms with Crippen LogP contribution in [0.5, 0.6) is 0 Å². The molecule has 13 heavy (non-hydrogen) atoms. The Morgan fingerprint density at radius 1 is 1.46 bits per heavy atom. The van der Waals surface area contributed by atoms with Gasteiger partial charge in [0.25, 0.3) is 0 Å². The standard InChI is InChI=1S/C8H18N2O2S/c1-12-5-3-7-13-6-2-4-8(9)10-11/h11H,2-7H2,1H3,(H2,9,10). The Balaban J connectivity index is 3.00. The number of thioether (sulfide) groups is 1. The van der Waals surface area contributed by atoms with Crippen LogP contribution in [0.3, 0.4) is 0 Å². The zero-order valence-corrected chi connectivity index (χ0v) is 8.85. The quantitative estimate of drug-likeness (QED) is 0.206. The van der Waals surface area contributed by atoms with E-state index in [-0.39, 0.29) is 0 Å². The van der Waals surface area contributed by atoms with Gasteiger partial charge in [-0.1, -0.05) is 5.16 Å². The fraction of sp³-hybridized carbons (Fsp3) is 0.875. The summed E-state index contributed by atoms with van der Waals surface area (Å²) >= 11 is 1.87. The van der Waals surface area contributed by atoms with E-state index in [0.717, 1.165) is 31.0 Å².